The summed E-state index contributed by atoms with van der Waals surface area (Å²) in [6.45, 7) is 4.13. The molecule has 4 nitrogen and oxygen atoms in total. The Morgan fingerprint density at radius 2 is 2.00 bits per heavy atom. The molecule has 0 radical (unpaired) electrons. The van der Waals surface area contributed by atoms with Crippen molar-refractivity contribution in [2.24, 2.45) is 0 Å². The molecule has 6 heteroatoms. The molecular weight excluding hydrogens is 326 g/mol. The lowest BCUT2D eigenvalue weighted by molar-refractivity contribution is 0.102. The van der Waals surface area contributed by atoms with Crippen LogP contribution in [-0.2, 0) is 6.42 Å². The Morgan fingerprint density at radius 3 is 2.65 bits per heavy atom. The van der Waals surface area contributed by atoms with Gasteiger partial charge in [-0.1, -0.05) is 43.0 Å². The predicted octanol–water partition coefficient (Wildman–Crippen LogP) is 4.38. The zero-order valence-corrected chi connectivity index (χ0v) is 14.6. The van der Waals surface area contributed by atoms with Crippen molar-refractivity contribution >= 4 is 28.9 Å². The van der Waals surface area contributed by atoms with Crippen LogP contribution in [-0.4, -0.2) is 26.7 Å². The van der Waals surface area contributed by atoms with E-state index in [0.29, 0.717) is 10.9 Å². The van der Waals surface area contributed by atoms with Crippen LogP contribution in [0.5, 0.6) is 0 Å². The number of nitrogens with zero attached hydrogens (tertiary/aromatic N) is 2. The fourth-order valence-corrected chi connectivity index (χ4v) is 3.70. The molecule has 0 spiro atoms. The standard InChI is InChI=1S/C17H17N3OS2/c1-3-12-5-7-13(8-6-12)16-18-17(20-19-16)22-10-14(21)15-9-4-11(2)23-15/h4-9H,3,10H2,1-2H3,(H,18,19,20). The molecule has 0 aliphatic carbocycles. The summed E-state index contributed by atoms with van der Waals surface area (Å²) in [6, 6.07) is 12.1. The molecule has 3 rings (SSSR count). The van der Waals surface area contributed by atoms with E-state index in [1.807, 2.05) is 31.2 Å². The molecule has 1 aromatic carbocycles. The Bertz CT molecular complexity index is 805. The van der Waals surface area contributed by atoms with E-state index in [2.05, 4.69) is 34.2 Å². The third-order valence-corrected chi connectivity index (χ3v) is 5.34. The van der Waals surface area contributed by atoms with Crippen molar-refractivity contribution in [2.75, 3.05) is 5.75 Å². The van der Waals surface area contributed by atoms with Crippen LogP contribution in [0.3, 0.4) is 0 Å². The molecular formula is C17H17N3OS2. The van der Waals surface area contributed by atoms with Crippen molar-refractivity contribution in [1.29, 1.82) is 0 Å². The number of carbonyl (C=O) groups excluding carboxylic acids is 1. The van der Waals surface area contributed by atoms with Gasteiger partial charge in [0.1, 0.15) is 0 Å². The van der Waals surface area contributed by atoms with E-state index in [4.69, 9.17) is 0 Å². The van der Waals surface area contributed by atoms with Gasteiger partial charge in [0.25, 0.3) is 0 Å². The molecule has 0 amide bonds. The molecule has 0 bridgehead atoms. The summed E-state index contributed by atoms with van der Waals surface area (Å²) in [5, 5.41) is 7.72. The van der Waals surface area contributed by atoms with Gasteiger partial charge in [0, 0.05) is 10.4 Å². The van der Waals surface area contributed by atoms with Crippen molar-refractivity contribution in [3.8, 4) is 11.4 Å². The van der Waals surface area contributed by atoms with Gasteiger partial charge in [0.2, 0.25) is 5.16 Å². The summed E-state index contributed by atoms with van der Waals surface area (Å²) in [5.41, 5.74) is 2.29. The Labute approximate surface area is 143 Å². The number of hydrogen-bond donors (Lipinski definition) is 1. The van der Waals surface area contributed by atoms with Crippen LogP contribution in [0, 0.1) is 6.92 Å². The van der Waals surface area contributed by atoms with Gasteiger partial charge in [-0.25, -0.2) is 4.98 Å². The maximum atomic E-state index is 12.1. The summed E-state index contributed by atoms with van der Waals surface area (Å²) in [7, 11) is 0. The number of aromatic amines is 1. The Morgan fingerprint density at radius 1 is 1.22 bits per heavy atom. The Hall–Kier alpha value is -1.92. The van der Waals surface area contributed by atoms with Crippen LogP contribution < -0.4 is 0 Å². The van der Waals surface area contributed by atoms with Gasteiger partial charge in [-0.3, -0.25) is 9.89 Å². The van der Waals surface area contributed by atoms with Gasteiger partial charge in [-0.15, -0.1) is 16.4 Å². The number of nitrogens with one attached hydrogen (secondary N) is 1. The van der Waals surface area contributed by atoms with Crippen molar-refractivity contribution < 1.29 is 4.79 Å². The first-order valence-corrected chi connectivity index (χ1v) is 9.20. The minimum atomic E-state index is 0.117. The average Bonchev–Trinajstić information content (AvgIpc) is 3.22. The second kappa shape index (κ2) is 7.10. The normalized spacial score (nSPS) is 10.9. The highest BCUT2D eigenvalue weighted by atomic mass is 32.2. The number of H-pyrrole nitrogens is 1. The van der Waals surface area contributed by atoms with Crippen molar-refractivity contribution in [3.05, 3.63) is 51.7 Å². The average molecular weight is 343 g/mol. The zero-order chi connectivity index (χ0) is 16.2. The van der Waals surface area contributed by atoms with E-state index < -0.39 is 0 Å². The lowest BCUT2D eigenvalue weighted by Crippen LogP contribution is -1.99. The monoisotopic (exact) mass is 343 g/mol. The van der Waals surface area contributed by atoms with Crippen LogP contribution >= 0.6 is 23.1 Å². The highest BCUT2D eigenvalue weighted by Crippen LogP contribution is 2.22. The molecule has 0 saturated heterocycles. The molecule has 23 heavy (non-hydrogen) atoms. The van der Waals surface area contributed by atoms with E-state index in [9.17, 15) is 4.79 Å². The van der Waals surface area contributed by atoms with Crippen LogP contribution in [0.2, 0.25) is 0 Å². The molecule has 0 aliphatic heterocycles. The van der Waals surface area contributed by atoms with Crippen LogP contribution in [0.4, 0.5) is 0 Å². The first-order chi connectivity index (χ1) is 11.2. The molecule has 3 aromatic rings. The molecule has 0 fully saturated rings. The number of ketones is 1. The lowest BCUT2D eigenvalue weighted by atomic mass is 10.1. The first-order valence-electron chi connectivity index (χ1n) is 7.40. The van der Waals surface area contributed by atoms with Crippen LogP contribution in [0.15, 0.2) is 41.6 Å². The minimum Gasteiger partial charge on any atom is -0.292 e. The number of aryl methyl sites for hydroxylation is 2. The molecule has 2 heterocycles. The predicted molar refractivity (Wildman–Crippen MR) is 95.3 cm³/mol. The molecule has 0 aliphatic rings. The fraction of sp³-hybridized carbons (Fsp3) is 0.235. The fourth-order valence-electron chi connectivity index (χ4n) is 2.12. The van der Waals surface area contributed by atoms with Gasteiger partial charge in [-0.2, -0.15) is 0 Å². The molecule has 1 N–H and O–H groups in total. The molecule has 2 aromatic heterocycles. The molecule has 0 atom stereocenters. The van der Waals surface area contributed by atoms with Crippen molar-refractivity contribution in [3.63, 3.8) is 0 Å². The van der Waals surface area contributed by atoms with Crippen molar-refractivity contribution in [2.45, 2.75) is 25.4 Å². The molecule has 0 saturated carbocycles. The summed E-state index contributed by atoms with van der Waals surface area (Å²) in [6.07, 6.45) is 1.02. The highest BCUT2D eigenvalue weighted by Gasteiger charge is 2.12. The highest BCUT2D eigenvalue weighted by molar-refractivity contribution is 7.99. The van der Waals surface area contributed by atoms with Crippen LogP contribution in [0.25, 0.3) is 11.4 Å². The number of aromatic nitrogens is 3. The molecule has 0 unspecified atom stereocenters. The van der Waals surface area contributed by atoms with Gasteiger partial charge in [0.05, 0.1) is 10.6 Å². The summed E-state index contributed by atoms with van der Waals surface area (Å²) in [4.78, 5) is 18.5. The van der Waals surface area contributed by atoms with Gasteiger partial charge < -0.3 is 0 Å². The SMILES string of the molecule is CCc1ccc(-c2nc(SCC(=O)c3ccc(C)s3)n[nH]2)cc1. The second-order valence-corrected chi connectivity index (χ2v) is 7.37. The Kier molecular flexibility index (Phi) is 4.93. The summed E-state index contributed by atoms with van der Waals surface area (Å²) in [5.74, 6) is 1.20. The van der Waals surface area contributed by atoms with E-state index in [1.165, 1.54) is 28.7 Å². The number of hydrogen-bond acceptors (Lipinski definition) is 5. The number of carbonyl (C=O) groups is 1. The summed E-state index contributed by atoms with van der Waals surface area (Å²) < 4.78 is 0. The topological polar surface area (TPSA) is 58.6 Å². The molecule has 118 valence electrons. The quantitative estimate of drug-likeness (QED) is 0.533. The van der Waals surface area contributed by atoms with E-state index in [-0.39, 0.29) is 5.78 Å². The number of Topliss-reactive ketones (excluding diaryl/α,β-unsaturated/α-hetero) is 1. The zero-order valence-electron chi connectivity index (χ0n) is 13.0. The Balaban J connectivity index is 1.63. The third-order valence-electron chi connectivity index (χ3n) is 3.45. The first kappa shape index (κ1) is 16.0. The maximum Gasteiger partial charge on any atom is 0.209 e. The van der Waals surface area contributed by atoms with Gasteiger partial charge in [0.15, 0.2) is 11.6 Å². The van der Waals surface area contributed by atoms with E-state index in [1.54, 1.807) is 0 Å². The largest absolute Gasteiger partial charge is 0.292 e. The van der Waals surface area contributed by atoms with Crippen molar-refractivity contribution in [1.82, 2.24) is 15.2 Å². The van der Waals surface area contributed by atoms with Crippen LogP contribution in [0.1, 0.15) is 27.0 Å². The van der Waals surface area contributed by atoms with Gasteiger partial charge >= 0.3 is 0 Å². The third kappa shape index (κ3) is 3.89. The number of benzene rings is 1. The number of thioether (sulfide) groups is 1. The van der Waals surface area contributed by atoms with Gasteiger partial charge in [-0.05, 0) is 31.0 Å². The van der Waals surface area contributed by atoms with E-state index in [0.717, 1.165) is 27.6 Å². The second-order valence-electron chi connectivity index (χ2n) is 5.14. The number of thiophene rings is 1. The maximum absolute atomic E-state index is 12.1. The number of rotatable bonds is 6. The minimum absolute atomic E-state index is 0.117. The summed E-state index contributed by atoms with van der Waals surface area (Å²) >= 11 is 2.88. The lowest BCUT2D eigenvalue weighted by Gasteiger charge is -1.98. The smallest absolute Gasteiger partial charge is 0.209 e. The van der Waals surface area contributed by atoms with E-state index >= 15 is 0 Å².